The maximum atomic E-state index is 13.8. The molecule has 3 nitrogen and oxygen atoms in total. The minimum Gasteiger partial charge on any atom is -0.378 e. The lowest BCUT2D eigenvalue weighted by Gasteiger charge is -2.24. The Kier molecular flexibility index (Phi) is 3.13. The average molecular weight is 224 g/mol. The minimum atomic E-state index is -0.674. The number of hydrogen-bond acceptors (Lipinski definition) is 3. The summed E-state index contributed by atoms with van der Waals surface area (Å²) in [5.74, 6) is -1.28. The number of nitrogens with zero attached hydrogens (tertiary/aromatic N) is 1. The highest BCUT2D eigenvalue weighted by Gasteiger charge is 2.21. The molecule has 1 heterocycles. The van der Waals surface area contributed by atoms with Gasteiger partial charge in [-0.15, -0.1) is 0 Å². The van der Waals surface area contributed by atoms with Crippen molar-refractivity contribution in [1.29, 1.82) is 5.26 Å². The molecule has 1 unspecified atom stereocenters. The van der Waals surface area contributed by atoms with Gasteiger partial charge in [0.2, 0.25) is 0 Å². The zero-order chi connectivity index (χ0) is 11.5. The molecule has 1 atom stereocenters. The molecule has 0 radical (unpaired) electrons. The third-order valence-electron chi connectivity index (χ3n) is 2.48. The van der Waals surface area contributed by atoms with Gasteiger partial charge in [0.15, 0.2) is 0 Å². The van der Waals surface area contributed by atoms with E-state index in [2.05, 4.69) is 5.32 Å². The summed E-state index contributed by atoms with van der Waals surface area (Å²) >= 11 is 0. The van der Waals surface area contributed by atoms with Crippen LogP contribution in [0.25, 0.3) is 0 Å². The van der Waals surface area contributed by atoms with E-state index in [-0.39, 0.29) is 17.7 Å². The predicted molar refractivity (Wildman–Crippen MR) is 52.6 cm³/mol. The molecule has 1 saturated heterocycles. The van der Waals surface area contributed by atoms with Crippen molar-refractivity contribution in [2.75, 3.05) is 19.8 Å². The van der Waals surface area contributed by atoms with Gasteiger partial charge in [0, 0.05) is 12.1 Å². The fourth-order valence-electron chi connectivity index (χ4n) is 1.71. The van der Waals surface area contributed by atoms with Crippen molar-refractivity contribution in [1.82, 2.24) is 5.32 Å². The van der Waals surface area contributed by atoms with Gasteiger partial charge in [-0.3, -0.25) is 0 Å². The number of ether oxygens (including phenoxy) is 1. The molecule has 16 heavy (non-hydrogen) atoms. The second-order valence-corrected chi connectivity index (χ2v) is 3.55. The van der Waals surface area contributed by atoms with Gasteiger partial charge in [0.05, 0.1) is 24.8 Å². The molecule has 0 aromatic heterocycles. The van der Waals surface area contributed by atoms with E-state index in [0.29, 0.717) is 13.2 Å². The fourth-order valence-corrected chi connectivity index (χ4v) is 1.71. The summed E-state index contributed by atoms with van der Waals surface area (Å²) < 4.78 is 32.1. The first-order chi connectivity index (χ1) is 7.72. The van der Waals surface area contributed by atoms with Crippen LogP contribution in [0.15, 0.2) is 12.1 Å². The Morgan fingerprint density at radius 3 is 2.88 bits per heavy atom. The monoisotopic (exact) mass is 224 g/mol. The average Bonchev–Trinajstić information content (AvgIpc) is 2.33. The molecule has 0 aliphatic carbocycles. The maximum absolute atomic E-state index is 13.8. The van der Waals surface area contributed by atoms with Gasteiger partial charge in [-0.2, -0.15) is 5.26 Å². The van der Waals surface area contributed by atoms with Crippen LogP contribution >= 0.6 is 0 Å². The molecule has 0 bridgehead atoms. The van der Waals surface area contributed by atoms with Crippen LogP contribution in [0.1, 0.15) is 17.2 Å². The molecule has 2 rings (SSSR count). The van der Waals surface area contributed by atoms with E-state index in [4.69, 9.17) is 10.00 Å². The van der Waals surface area contributed by atoms with Crippen LogP contribution in [-0.4, -0.2) is 19.8 Å². The molecule has 0 spiro atoms. The van der Waals surface area contributed by atoms with Crippen LogP contribution in [0.2, 0.25) is 0 Å². The van der Waals surface area contributed by atoms with Crippen LogP contribution in [-0.2, 0) is 4.74 Å². The molecule has 1 aliphatic heterocycles. The zero-order valence-electron chi connectivity index (χ0n) is 8.46. The van der Waals surface area contributed by atoms with Crippen molar-refractivity contribution in [3.63, 3.8) is 0 Å². The minimum absolute atomic E-state index is 0.149. The summed E-state index contributed by atoms with van der Waals surface area (Å²) in [5, 5.41) is 11.7. The SMILES string of the molecule is N#Cc1cc(F)cc(C2COCCN2)c1F. The molecule has 1 N–H and O–H groups in total. The van der Waals surface area contributed by atoms with E-state index >= 15 is 0 Å². The highest BCUT2D eigenvalue weighted by Crippen LogP contribution is 2.23. The Morgan fingerprint density at radius 2 is 2.25 bits per heavy atom. The van der Waals surface area contributed by atoms with E-state index < -0.39 is 17.7 Å². The first-order valence-corrected chi connectivity index (χ1v) is 4.92. The molecule has 1 aromatic rings. The van der Waals surface area contributed by atoms with Crippen molar-refractivity contribution in [3.05, 3.63) is 34.9 Å². The lowest BCUT2D eigenvalue weighted by molar-refractivity contribution is 0.0756. The van der Waals surface area contributed by atoms with Crippen molar-refractivity contribution in [2.45, 2.75) is 6.04 Å². The zero-order valence-corrected chi connectivity index (χ0v) is 8.46. The van der Waals surface area contributed by atoms with E-state index in [9.17, 15) is 8.78 Å². The highest BCUT2D eigenvalue weighted by molar-refractivity contribution is 5.37. The van der Waals surface area contributed by atoms with Crippen LogP contribution in [0, 0.1) is 23.0 Å². The predicted octanol–water partition coefficient (Wildman–Crippen LogP) is 1.50. The normalized spacial score (nSPS) is 20.4. The van der Waals surface area contributed by atoms with Crippen LogP contribution < -0.4 is 5.32 Å². The lowest BCUT2D eigenvalue weighted by Crippen LogP contribution is -2.35. The topological polar surface area (TPSA) is 45.0 Å². The van der Waals surface area contributed by atoms with Crippen molar-refractivity contribution in [2.24, 2.45) is 0 Å². The summed E-state index contributed by atoms with van der Waals surface area (Å²) in [4.78, 5) is 0. The van der Waals surface area contributed by atoms with Crippen molar-refractivity contribution < 1.29 is 13.5 Å². The summed E-state index contributed by atoms with van der Waals surface area (Å²) in [6.45, 7) is 1.42. The number of halogens is 2. The van der Waals surface area contributed by atoms with E-state index in [1.165, 1.54) is 0 Å². The molecular weight excluding hydrogens is 214 g/mol. The van der Waals surface area contributed by atoms with Gasteiger partial charge < -0.3 is 10.1 Å². The van der Waals surface area contributed by atoms with Gasteiger partial charge in [0.25, 0.3) is 0 Å². The third-order valence-corrected chi connectivity index (χ3v) is 2.48. The van der Waals surface area contributed by atoms with E-state index in [0.717, 1.165) is 12.1 Å². The standard InChI is InChI=1S/C11H10F2N2O/c12-8-3-7(5-14)11(13)9(4-8)10-6-16-2-1-15-10/h3-4,10,15H,1-2,6H2. The number of benzene rings is 1. The molecule has 1 fully saturated rings. The van der Waals surface area contributed by atoms with Crippen LogP contribution in [0.5, 0.6) is 0 Å². The molecule has 0 amide bonds. The number of rotatable bonds is 1. The third kappa shape index (κ3) is 2.03. The highest BCUT2D eigenvalue weighted by atomic mass is 19.1. The molecule has 5 heteroatoms. The van der Waals surface area contributed by atoms with E-state index in [1.54, 1.807) is 6.07 Å². The quantitative estimate of drug-likeness (QED) is 0.786. The molecule has 0 saturated carbocycles. The maximum Gasteiger partial charge on any atom is 0.146 e. The summed E-state index contributed by atoms with van der Waals surface area (Å²) in [6.07, 6.45) is 0. The summed E-state index contributed by atoms with van der Waals surface area (Å²) in [5.41, 5.74) is -0.126. The number of nitriles is 1. The van der Waals surface area contributed by atoms with Crippen molar-refractivity contribution >= 4 is 0 Å². The molecular formula is C11H10F2N2O. The van der Waals surface area contributed by atoms with E-state index in [1.807, 2.05) is 0 Å². The van der Waals surface area contributed by atoms with Crippen molar-refractivity contribution in [3.8, 4) is 6.07 Å². The first kappa shape index (κ1) is 11.0. The Hall–Kier alpha value is -1.51. The van der Waals surface area contributed by atoms with Gasteiger partial charge in [-0.1, -0.05) is 0 Å². The van der Waals surface area contributed by atoms with Crippen LogP contribution in [0.3, 0.4) is 0 Å². The fraction of sp³-hybridized carbons (Fsp3) is 0.364. The molecule has 84 valence electrons. The Balaban J connectivity index is 2.39. The van der Waals surface area contributed by atoms with Gasteiger partial charge in [0.1, 0.15) is 17.7 Å². The van der Waals surface area contributed by atoms with Gasteiger partial charge in [-0.25, -0.2) is 8.78 Å². The molecule has 1 aliphatic rings. The van der Waals surface area contributed by atoms with Gasteiger partial charge >= 0.3 is 0 Å². The number of morpholine rings is 1. The number of hydrogen-bond donors (Lipinski definition) is 1. The second-order valence-electron chi connectivity index (χ2n) is 3.55. The van der Waals surface area contributed by atoms with Gasteiger partial charge in [-0.05, 0) is 12.1 Å². The number of nitrogens with one attached hydrogen (secondary N) is 1. The molecule has 1 aromatic carbocycles. The smallest absolute Gasteiger partial charge is 0.146 e. The largest absolute Gasteiger partial charge is 0.378 e. The lowest BCUT2D eigenvalue weighted by atomic mass is 10.0. The second kappa shape index (κ2) is 4.56. The summed E-state index contributed by atoms with van der Waals surface area (Å²) in [6, 6.07) is 3.23. The van der Waals surface area contributed by atoms with Crippen LogP contribution in [0.4, 0.5) is 8.78 Å². The Labute approximate surface area is 91.6 Å². The Bertz CT molecular complexity index is 436. The Morgan fingerprint density at radius 1 is 1.44 bits per heavy atom. The first-order valence-electron chi connectivity index (χ1n) is 4.92. The summed E-state index contributed by atoms with van der Waals surface area (Å²) in [7, 11) is 0.